The highest BCUT2D eigenvalue weighted by Crippen LogP contribution is 2.13. The van der Waals surface area contributed by atoms with Gasteiger partial charge in [-0.25, -0.2) is 9.18 Å². The van der Waals surface area contributed by atoms with E-state index in [1.54, 1.807) is 0 Å². The van der Waals surface area contributed by atoms with Crippen LogP contribution in [-0.2, 0) is 4.79 Å². The summed E-state index contributed by atoms with van der Waals surface area (Å²) in [6.07, 6.45) is 4.82. The summed E-state index contributed by atoms with van der Waals surface area (Å²) >= 11 is 0. The van der Waals surface area contributed by atoms with Crippen molar-refractivity contribution in [2.75, 3.05) is 5.73 Å². The van der Waals surface area contributed by atoms with Gasteiger partial charge in [-0.05, 0) is 18.2 Å². The first-order chi connectivity index (χ1) is 8.45. The Labute approximate surface area is 103 Å². The quantitative estimate of drug-likeness (QED) is 0.539. The second-order valence-corrected chi connectivity index (χ2v) is 3.50. The zero-order valence-electron chi connectivity index (χ0n) is 9.31. The number of rotatable bonds is 4. The number of nitrogen functional groups attached to an aromatic ring is 1. The molecule has 4 N–H and O–H groups in total. The van der Waals surface area contributed by atoms with Gasteiger partial charge in [-0.15, -0.1) is 12.3 Å². The molecule has 0 spiro atoms. The fourth-order valence-corrected chi connectivity index (χ4v) is 1.28. The lowest BCUT2D eigenvalue weighted by Crippen LogP contribution is -2.40. The summed E-state index contributed by atoms with van der Waals surface area (Å²) in [4.78, 5) is 22.5. The number of nitrogens with one attached hydrogen (secondary N) is 1. The normalized spacial score (nSPS) is 11.3. The summed E-state index contributed by atoms with van der Waals surface area (Å²) in [5.74, 6) is -0.560. The van der Waals surface area contributed by atoms with Crippen molar-refractivity contribution in [3.63, 3.8) is 0 Å². The third kappa shape index (κ3) is 3.22. The molecule has 0 aliphatic rings. The number of anilines is 1. The van der Waals surface area contributed by atoms with Gasteiger partial charge in [0.25, 0.3) is 5.91 Å². The number of hydrogen-bond acceptors (Lipinski definition) is 3. The Balaban J connectivity index is 2.91. The number of carbonyl (C=O) groups excluding carboxylic acids is 1. The van der Waals surface area contributed by atoms with Crippen LogP contribution in [0.25, 0.3) is 0 Å². The van der Waals surface area contributed by atoms with Crippen molar-refractivity contribution in [1.82, 2.24) is 5.32 Å². The lowest BCUT2D eigenvalue weighted by atomic mass is 10.1. The van der Waals surface area contributed by atoms with E-state index in [2.05, 4.69) is 11.2 Å². The number of carboxylic acid groups (broad SMARTS) is 1. The Morgan fingerprint density at radius 3 is 2.78 bits per heavy atom. The second kappa shape index (κ2) is 5.68. The molecule has 0 aliphatic carbocycles. The Morgan fingerprint density at radius 1 is 1.56 bits per heavy atom. The van der Waals surface area contributed by atoms with Crippen LogP contribution in [0.4, 0.5) is 10.1 Å². The van der Waals surface area contributed by atoms with Crippen molar-refractivity contribution in [1.29, 1.82) is 0 Å². The molecule has 5 nitrogen and oxygen atoms in total. The molecule has 0 radical (unpaired) electrons. The van der Waals surface area contributed by atoms with Crippen LogP contribution in [0.15, 0.2) is 18.2 Å². The van der Waals surface area contributed by atoms with Crippen LogP contribution in [0.2, 0.25) is 0 Å². The van der Waals surface area contributed by atoms with Crippen molar-refractivity contribution < 1.29 is 19.1 Å². The van der Waals surface area contributed by atoms with E-state index >= 15 is 0 Å². The van der Waals surface area contributed by atoms with Crippen molar-refractivity contribution in [3.05, 3.63) is 29.6 Å². The van der Waals surface area contributed by atoms with Crippen LogP contribution in [-0.4, -0.2) is 23.0 Å². The third-order valence-electron chi connectivity index (χ3n) is 2.19. The minimum atomic E-state index is -1.27. The summed E-state index contributed by atoms with van der Waals surface area (Å²) in [6.45, 7) is 0. The number of carbonyl (C=O) groups is 2. The Morgan fingerprint density at radius 2 is 2.22 bits per heavy atom. The van der Waals surface area contributed by atoms with Crippen LogP contribution in [0.3, 0.4) is 0 Å². The summed E-state index contributed by atoms with van der Waals surface area (Å²) in [6, 6.07) is 2.02. The van der Waals surface area contributed by atoms with E-state index in [4.69, 9.17) is 17.3 Å². The number of nitrogens with two attached hydrogens (primary N) is 1. The molecule has 0 aliphatic heterocycles. The van der Waals surface area contributed by atoms with Gasteiger partial charge in [0, 0.05) is 12.1 Å². The molecule has 1 unspecified atom stereocenters. The first-order valence-electron chi connectivity index (χ1n) is 4.98. The lowest BCUT2D eigenvalue weighted by molar-refractivity contribution is -0.139. The van der Waals surface area contributed by atoms with Crippen molar-refractivity contribution in [2.24, 2.45) is 0 Å². The molecule has 0 saturated carbocycles. The molecule has 1 amide bonds. The fourth-order valence-electron chi connectivity index (χ4n) is 1.28. The SMILES string of the molecule is C#CCC(NC(=O)c1cc(F)ccc1N)C(=O)O. The highest BCUT2D eigenvalue weighted by atomic mass is 19.1. The van der Waals surface area contributed by atoms with Crippen LogP contribution in [0.5, 0.6) is 0 Å². The molecule has 94 valence electrons. The van der Waals surface area contributed by atoms with E-state index in [1.165, 1.54) is 6.07 Å². The fraction of sp³-hybridized carbons (Fsp3) is 0.167. The van der Waals surface area contributed by atoms with Crippen LogP contribution in [0, 0.1) is 18.2 Å². The molecule has 0 heterocycles. The largest absolute Gasteiger partial charge is 0.480 e. The van der Waals surface area contributed by atoms with Crippen molar-refractivity contribution >= 4 is 17.6 Å². The smallest absolute Gasteiger partial charge is 0.327 e. The number of benzene rings is 1. The maximum atomic E-state index is 13.0. The maximum Gasteiger partial charge on any atom is 0.327 e. The zero-order valence-corrected chi connectivity index (χ0v) is 9.31. The molecule has 1 aromatic rings. The molecular weight excluding hydrogens is 239 g/mol. The van der Waals surface area contributed by atoms with Gasteiger partial charge in [-0.1, -0.05) is 0 Å². The minimum absolute atomic E-state index is 0.0544. The standard InChI is InChI=1S/C12H11FN2O3/c1-2-3-10(12(17)18)15-11(16)8-6-7(13)4-5-9(8)14/h1,4-6,10H,3,14H2,(H,15,16)(H,17,18). The summed E-state index contributed by atoms with van der Waals surface area (Å²) in [5, 5.41) is 11.0. The lowest BCUT2D eigenvalue weighted by Gasteiger charge is -2.12. The average Bonchev–Trinajstić information content (AvgIpc) is 2.31. The van der Waals surface area contributed by atoms with E-state index in [1.807, 2.05) is 0 Å². The molecule has 0 saturated heterocycles. The molecule has 0 fully saturated rings. The zero-order chi connectivity index (χ0) is 13.7. The summed E-state index contributed by atoms with van der Waals surface area (Å²) < 4.78 is 13.0. The predicted molar refractivity (Wildman–Crippen MR) is 63.2 cm³/mol. The first-order valence-corrected chi connectivity index (χ1v) is 4.98. The first kappa shape index (κ1) is 13.5. The van der Waals surface area contributed by atoms with Gasteiger partial charge in [0.05, 0.1) is 5.56 Å². The number of aliphatic carboxylic acids is 1. The molecule has 1 aromatic carbocycles. The van der Waals surface area contributed by atoms with Crippen molar-refractivity contribution in [3.8, 4) is 12.3 Å². The second-order valence-electron chi connectivity index (χ2n) is 3.50. The maximum absolute atomic E-state index is 13.0. The summed E-state index contributed by atoms with van der Waals surface area (Å²) in [7, 11) is 0. The average molecular weight is 250 g/mol. The summed E-state index contributed by atoms with van der Waals surface area (Å²) in [5.41, 5.74) is 5.43. The topological polar surface area (TPSA) is 92.4 Å². The molecule has 0 aromatic heterocycles. The molecule has 1 atom stereocenters. The van der Waals surface area contributed by atoms with Gasteiger partial charge in [0.1, 0.15) is 11.9 Å². The van der Waals surface area contributed by atoms with E-state index in [0.717, 1.165) is 12.1 Å². The minimum Gasteiger partial charge on any atom is -0.480 e. The van der Waals surface area contributed by atoms with Gasteiger partial charge >= 0.3 is 5.97 Å². The molecule has 1 rings (SSSR count). The van der Waals surface area contributed by atoms with Gasteiger partial charge in [0.15, 0.2) is 0 Å². The van der Waals surface area contributed by atoms with Crippen LogP contribution >= 0.6 is 0 Å². The van der Waals surface area contributed by atoms with Gasteiger partial charge in [-0.3, -0.25) is 4.79 Å². The third-order valence-corrected chi connectivity index (χ3v) is 2.19. The van der Waals surface area contributed by atoms with Crippen LogP contribution < -0.4 is 11.1 Å². The Bertz CT molecular complexity index is 523. The van der Waals surface area contributed by atoms with Gasteiger partial charge in [-0.2, -0.15) is 0 Å². The number of amides is 1. The van der Waals surface area contributed by atoms with Crippen LogP contribution in [0.1, 0.15) is 16.8 Å². The van der Waals surface area contributed by atoms with Gasteiger partial charge < -0.3 is 16.2 Å². The highest BCUT2D eigenvalue weighted by Gasteiger charge is 2.20. The molecule has 18 heavy (non-hydrogen) atoms. The Kier molecular flexibility index (Phi) is 4.27. The number of hydrogen-bond donors (Lipinski definition) is 3. The van der Waals surface area contributed by atoms with E-state index in [-0.39, 0.29) is 17.7 Å². The van der Waals surface area contributed by atoms with E-state index in [9.17, 15) is 14.0 Å². The van der Waals surface area contributed by atoms with Crippen molar-refractivity contribution in [2.45, 2.75) is 12.5 Å². The van der Waals surface area contributed by atoms with E-state index < -0.39 is 23.7 Å². The number of carboxylic acids is 1. The molecule has 6 heteroatoms. The predicted octanol–water partition coefficient (Wildman–Crippen LogP) is 0.614. The highest BCUT2D eigenvalue weighted by molar-refractivity contribution is 6.00. The number of terminal acetylenes is 1. The van der Waals surface area contributed by atoms with E-state index in [0.29, 0.717) is 0 Å². The Hall–Kier alpha value is -2.55. The number of halogens is 1. The van der Waals surface area contributed by atoms with Gasteiger partial charge in [0.2, 0.25) is 0 Å². The molecule has 0 bridgehead atoms. The monoisotopic (exact) mass is 250 g/mol. The molecular formula is C12H11FN2O3.